The Labute approximate surface area is 139 Å². The average Bonchev–Trinajstić information content (AvgIpc) is 2.43. The van der Waals surface area contributed by atoms with E-state index < -0.39 is 10.1 Å². The smallest absolute Gasteiger partial charge is 0.339 e. The molecule has 0 aliphatic carbocycles. The van der Waals surface area contributed by atoms with Gasteiger partial charge in [0.05, 0.1) is 12.1 Å². The first-order chi connectivity index (χ1) is 10.2. The van der Waals surface area contributed by atoms with E-state index in [1.165, 1.54) is 31.4 Å². The largest absolute Gasteiger partial charge is 0.496 e. The van der Waals surface area contributed by atoms with Crippen molar-refractivity contribution in [3.8, 4) is 11.5 Å². The molecule has 0 atom stereocenters. The molecule has 0 amide bonds. The molecule has 118 valence electrons. The van der Waals surface area contributed by atoms with Crippen LogP contribution in [-0.4, -0.2) is 15.5 Å². The van der Waals surface area contributed by atoms with Crippen LogP contribution in [0.1, 0.15) is 11.1 Å². The van der Waals surface area contributed by atoms with Crippen molar-refractivity contribution < 1.29 is 17.3 Å². The molecular weight excluding hydrogens is 347 g/mol. The van der Waals surface area contributed by atoms with Gasteiger partial charge in [-0.05, 0) is 55.3 Å². The SMILES string of the molecule is COc1cc(C)c(S(=O)(=O)Oc2ccc(Cl)cc2Cl)cc1C. The van der Waals surface area contributed by atoms with Crippen LogP contribution in [0.4, 0.5) is 0 Å². The van der Waals surface area contributed by atoms with E-state index in [4.69, 9.17) is 32.1 Å². The van der Waals surface area contributed by atoms with Crippen molar-refractivity contribution in [1.29, 1.82) is 0 Å². The van der Waals surface area contributed by atoms with Crippen LogP contribution in [-0.2, 0) is 10.1 Å². The van der Waals surface area contributed by atoms with E-state index in [0.717, 1.165) is 0 Å². The van der Waals surface area contributed by atoms with Crippen LogP contribution < -0.4 is 8.92 Å². The van der Waals surface area contributed by atoms with Crippen LogP contribution >= 0.6 is 23.2 Å². The number of rotatable bonds is 4. The minimum Gasteiger partial charge on any atom is -0.496 e. The number of halogens is 2. The zero-order chi connectivity index (χ0) is 16.5. The Morgan fingerprint density at radius 3 is 2.23 bits per heavy atom. The van der Waals surface area contributed by atoms with E-state index >= 15 is 0 Å². The summed E-state index contributed by atoms with van der Waals surface area (Å²) in [7, 11) is -2.48. The molecule has 0 saturated heterocycles. The van der Waals surface area contributed by atoms with Crippen molar-refractivity contribution in [3.63, 3.8) is 0 Å². The van der Waals surface area contributed by atoms with E-state index in [1.807, 2.05) is 0 Å². The fourth-order valence-electron chi connectivity index (χ4n) is 1.96. The molecule has 2 aromatic rings. The second-order valence-corrected chi connectivity index (χ2v) is 7.06. The number of ether oxygens (including phenoxy) is 1. The standard InChI is InChI=1S/C15H14Cl2O4S/c1-9-7-15(10(2)6-14(9)20-3)22(18,19)21-13-5-4-11(16)8-12(13)17/h4-8H,1-3H3. The van der Waals surface area contributed by atoms with Crippen LogP contribution in [0.15, 0.2) is 35.2 Å². The van der Waals surface area contributed by atoms with Crippen LogP contribution in [0.2, 0.25) is 10.0 Å². The fraction of sp³-hybridized carbons (Fsp3) is 0.200. The molecule has 7 heteroatoms. The minimum atomic E-state index is -4.01. The lowest BCUT2D eigenvalue weighted by molar-refractivity contribution is 0.410. The number of methoxy groups -OCH3 is 1. The van der Waals surface area contributed by atoms with Gasteiger partial charge in [0.25, 0.3) is 0 Å². The van der Waals surface area contributed by atoms with Crippen molar-refractivity contribution >= 4 is 33.3 Å². The van der Waals surface area contributed by atoms with Crippen molar-refractivity contribution in [3.05, 3.63) is 51.5 Å². The van der Waals surface area contributed by atoms with Gasteiger partial charge in [-0.25, -0.2) is 0 Å². The molecule has 2 aromatic carbocycles. The normalized spacial score (nSPS) is 11.3. The lowest BCUT2D eigenvalue weighted by Crippen LogP contribution is -2.12. The van der Waals surface area contributed by atoms with E-state index in [9.17, 15) is 8.42 Å². The predicted octanol–water partition coefficient (Wildman–Crippen LogP) is 4.39. The Balaban J connectivity index is 2.45. The highest BCUT2D eigenvalue weighted by Crippen LogP contribution is 2.32. The molecular formula is C15H14Cl2O4S. The Kier molecular flexibility index (Phi) is 4.90. The van der Waals surface area contributed by atoms with Gasteiger partial charge in [-0.3, -0.25) is 0 Å². The van der Waals surface area contributed by atoms with Gasteiger partial charge in [-0.15, -0.1) is 0 Å². The van der Waals surface area contributed by atoms with Gasteiger partial charge in [0.2, 0.25) is 0 Å². The summed E-state index contributed by atoms with van der Waals surface area (Å²) in [5.41, 5.74) is 1.21. The zero-order valence-corrected chi connectivity index (χ0v) is 14.5. The predicted molar refractivity (Wildman–Crippen MR) is 86.7 cm³/mol. The van der Waals surface area contributed by atoms with Gasteiger partial charge < -0.3 is 8.92 Å². The molecule has 0 radical (unpaired) electrons. The van der Waals surface area contributed by atoms with Crippen molar-refractivity contribution in [2.45, 2.75) is 18.7 Å². The molecule has 0 aliphatic heterocycles. The molecule has 0 saturated carbocycles. The first kappa shape index (κ1) is 16.9. The molecule has 0 spiro atoms. The average molecular weight is 361 g/mol. The maximum atomic E-state index is 12.5. The second-order valence-electron chi connectivity index (χ2n) is 4.70. The Morgan fingerprint density at radius 2 is 1.64 bits per heavy atom. The molecule has 0 fully saturated rings. The first-order valence-electron chi connectivity index (χ1n) is 6.29. The van der Waals surface area contributed by atoms with Gasteiger partial charge in [0, 0.05) is 5.02 Å². The number of aryl methyl sites for hydroxylation is 2. The summed E-state index contributed by atoms with van der Waals surface area (Å²) in [5.74, 6) is 0.639. The topological polar surface area (TPSA) is 52.6 Å². The summed E-state index contributed by atoms with van der Waals surface area (Å²) >= 11 is 11.7. The molecule has 0 aromatic heterocycles. The van der Waals surface area contributed by atoms with E-state index in [2.05, 4.69) is 0 Å². The maximum Gasteiger partial charge on any atom is 0.339 e. The Morgan fingerprint density at radius 1 is 0.955 bits per heavy atom. The molecule has 2 rings (SSSR count). The van der Waals surface area contributed by atoms with Gasteiger partial charge in [0.1, 0.15) is 10.6 Å². The van der Waals surface area contributed by atoms with Crippen molar-refractivity contribution in [1.82, 2.24) is 0 Å². The van der Waals surface area contributed by atoms with Crippen molar-refractivity contribution in [2.75, 3.05) is 7.11 Å². The third-order valence-electron chi connectivity index (χ3n) is 3.06. The quantitative estimate of drug-likeness (QED) is 0.758. The third kappa shape index (κ3) is 3.48. The molecule has 4 nitrogen and oxygen atoms in total. The summed E-state index contributed by atoms with van der Waals surface area (Å²) in [6.07, 6.45) is 0. The number of hydrogen-bond acceptors (Lipinski definition) is 4. The monoisotopic (exact) mass is 360 g/mol. The molecule has 0 N–H and O–H groups in total. The summed E-state index contributed by atoms with van der Waals surface area (Å²) in [5, 5.41) is 0.519. The second kappa shape index (κ2) is 6.36. The fourth-order valence-corrected chi connectivity index (χ4v) is 3.70. The van der Waals surface area contributed by atoms with Crippen LogP contribution in [0, 0.1) is 13.8 Å². The van der Waals surface area contributed by atoms with Gasteiger partial charge in [0.15, 0.2) is 5.75 Å². The third-order valence-corrected chi connectivity index (χ3v) is 4.96. The van der Waals surface area contributed by atoms with E-state index in [-0.39, 0.29) is 15.7 Å². The minimum absolute atomic E-state index is 0.0268. The molecule has 0 aliphatic rings. The van der Waals surface area contributed by atoms with Crippen LogP contribution in [0.3, 0.4) is 0 Å². The number of hydrogen-bond donors (Lipinski definition) is 0. The summed E-state index contributed by atoms with van der Waals surface area (Å²) < 4.78 is 35.2. The summed E-state index contributed by atoms with van der Waals surface area (Å²) in [4.78, 5) is 0.0665. The molecule has 0 unspecified atom stereocenters. The highest BCUT2D eigenvalue weighted by molar-refractivity contribution is 7.87. The summed E-state index contributed by atoms with van der Waals surface area (Å²) in [6, 6.07) is 7.49. The van der Waals surface area contributed by atoms with Gasteiger partial charge >= 0.3 is 10.1 Å². The maximum absolute atomic E-state index is 12.5. The molecule has 22 heavy (non-hydrogen) atoms. The molecule has 0 heterocycles. The zero-order valence-electron chi connectivity index (χ0n) is 12.2. The van der Waals surface area contributed by atoms with Crippen LogP contribution in [0.25, 0.3) is 0 Å². The highest BCUT2D eigenvalue weighted by atomic mass is 35.5. The lowest BCUT2D eigenvalue weighted by Gasteiger charge is -2.13. The van der Waals surface area contributed by atoms with Gasteiger partial charge in [-0.2, -0.15) is 8.42 Å². The van der Waals surface area contributed by atoms with E-state index in [0.29, 0.717) is 21.9 Å². The number of benzene rings is 2. The Hall–Kier alpha value is -1.43. The van der Waals surface area contributed by atoms with Gasteiger partial charge in [-0.1, -0.05) is 23.2 Å². The Bertz CT molecular complexity index is 817. The van der Waals surface area contributed by atoms with E-state index in [1.54, 1.807) is 19.9 Å². The first-order valence-corrected chi connectivity index (χ1v) is 8.46. The van der Waals surface area contributed by atoms with Crippen LogP contribution in [0.5, 0.6) is 11.5 Å². The highest BCUT2D eigenvalue weighted by Gasteiger charge is 2.22. The summed E-state index contributed by atoms with van der Waals surface area (Å²) in [6.45, 7) is 3.42. The van der Waals surface area contributed by atoms with Crippen molar-refractivity contribution in [2.24, 2.45) is 0 Å². The molecule has 0 bridgehead atoms. The lowest BCUT2D eigenvalue weighted by atomic mass is 10.1.